The van der Waals surface area contributed by atoms with Gasteiger partial charge in [-0.05, 0) is 75.2 Å². The lowest BCUT2D eigenvalue weighted by Crippen LogP contribution is -2.58. The normalized spacial score (nSPS) is 18.2. The Labute approximate surface area is 233 Å². The standard InChI is InChI=1S/C31H34ClFN4O2/c1-19(2)37-20(3)17-35(18-21(37)4)25-8-6-7-22(13-25)26-15-24(33)16-27(30(26)38)23-9-10-29(28(32)14-23)36-12-11-34(5)31(36)39/h6-16,19-21,38H,17-18H2,1-5H3/t20-,21+. The van der Waals surface area contributed by atoms with Gasteiger partial charge in [0.1, 0.15) is 11.6 Å². The molecule has 0 radical (unpaired) electrons. The molecular weight excluding hydrogens is 515 g/mol. The SMILES string of the molecule is CC(C)N1[C@H](C)CN(c2cccc(-c3cc(F)cc(-c4ccc(-n5ccn(C)c5=O)c(Cl)c4)c3O)c2)C[C@@H]1C. The molecule has 0 spiro atoms. The number of phenolic OH excluding ortho intramolecular Hbond substituents is 1. The summed E-state index contributed by atoms with van der Waals surface area (Å²) in [5.74, 6) is -0.490. The number of anilines is 1. The van der Waals surface area contributed by atoms with Gasteiger partial charge in [0.15, 0.2) is 0 Å². The number of rotatable bonds is 5. The first-order valence-corrected chi connectivity index (χ1v) is 13.6. The maximum Gasteiger partial charge on any atom is 0.332 e. The van der Waals surface area contributed by atoms with Crippen molar-refractivity contribution in [3.63, 3.8) is 0 Å². The number of imidazole rings is 1. The van der Waals surface area contributed by atoms with E-state index in [1.54, 1.807) is 37.6 Å². The molecule has 4 aromatic rings. The minimum absolute atomic E-state index is 0.0272. The maximum atomic E-state index is 14.9. The van der Waals surface area contributed by atoms with Gasteiger partial charge in [0.2, 0.25) is 0 Å². The fourth-order valence-electron chi connectivity index (χ4n) is 5.99. The zero-order chi connectivity index (χ0) is 28.0. The van der Waals surface area contributed by atoms with E-state index in [0.29, 0.717) is 45.5 Å². The van der Waals surface area contributed by atoms with Crippen LogP contribution in [0.15, 0.2) is 71.8 Å². The summed E-state index contributed by atoms with van der Waals surface area (Å²) in [5.41, 5.74) is 3.35. The molecule has 0 aliphatic carbocycles. The number of aryl methyl sites for hydroxylation is 1. The van der Waals surface area contributed by atoms with Crippen LogP contribution < -0.4 is 10.6 Å². The highest BCUT2D eigenvalue weighted by Crippen LogP contribution is 2.41. The van der Waals surface area contributed by atoms with Crippen molar-refractivity contribution in [2.75, 3.05) is 18.0 Å². The van der Waals surface area contributed by atoms with E-state index in [0.717, 1.165) is 24.3 Å². The topological polar surface area (TPSA) is 53.6 Å². The number of benzene rings is 3. The molecule has 5 rings (SSSR count). The molecule has 1 N–H and O–H groups in total. The van der Waals surface area contributed by atoms with E-state index in [9.17, 15) is 14.3 Å². The van der Waals surface area contributed by atoms with Gasteiger partial charge in [0.25, 0.3) is 0 Å². The van der Waals surface area contributed by atoms with Gasteiger partial charge in [0, 0.05) is 67.5 Å². The summed E-state index contributed by atoms with van der Waals surface area (Å²) >= 11 is 6.55. The van der Waals surface area contributed by atoms with E-state index >= 15 is 0 Å². The van der Waals surface area contributed by atoms with Crippen molar-refractivity contribution in [3.8, 4) is 33.7 Å². The number of aromatic hydroxyl groups is 1. The van der Waals surface area contributed by atoms with Crippen LogP contribution in [-0.4, -0.2) is 50.4 Å². The highest BCUT2D eigenvalue weighted by molar-refractivity contribution is 6.32. The molecule has 0 bridgehead atoms. The Morgan fingerprint density at radius 3 is 2.15 bits per heavy atom. The van der Waals surface area contributed by atoms with Crippen LogP contribution in [0.25, 0.3) is 27.9 Å². The number of hydrogen-bond acceptors (Lipinski definition) is 4. The molecule has 0 amide bonds. The fourth-order valence-corrected chi connectivity index (χ4v) is 6.26. The Hall–Kier alpha value is -3.55. The van der Waals surface area contributed by atoms with Gasteiger partial charge in [-0.25, -0.2) is 9.18 Å². The number of nitrogens with zero attached hydrogens (tertiary/aromatic N) is 4. The molecule has 1 saturated heterocycles. The van der Waals surface area contributed by atoms with E-state index in [1.165, 1.54) is 21.3 Å². The molecule has 39 heavy (non-hydrogen) atoms. The lowest BCUT2D eigenvalue weighted by Gasteiger charge is -2.47. The molecule has 8 heteroatoms. The predicted octanol–water partition coefficient (Wildman–Crippen LogP) is 6.32. The second kappa shape index (κ2) is 10.5. The van der Waals surface area contributed by atoms with Crippen LogP contribution in [0.3, 0.4) is 0 Å². The van der Waals surface area contributed by atoms with Crippen molar-refractivity contribution in [1.82, 2.24) is 14.0 Å². The monoisotopic (exact) mass is 548 g/mol. The Morgan fingerprint density at radius 2 is 1.59 bits per heavy atom. The Morgan fingerprint density at radius 1 is 0.949 bits per heavy atom. The summed E-state index contributed by atoms with van der Waals surface area (Å²) in [7, 11) is 1.66. The number of halogens is 2. The van der Waals surface area contributed by atoms with Gasteiger partial charge in [-0.2, -0.15) is 0 Å². The molecule has 2 heterocycles. The van der Waals surface area contributed by atoms with E-state index in [4.69, 9.17) is 11.6 Å². The van der Waals surface area contributed by atoms with E-state index in [2.05, 4.69) is 43.6 Å². The summed E-state index contributed by atoms with van der Waals surface area (Å²) < 4.78 is 17.8. The fraction of sp³-hybridized carbons (Fsp3) is 0.323. The minimum Gasteiger partial charge on any atom is -0.507 e. The van der Waals surface area contributed by atoms with Crippen LogP contribution >= 0.6 is 11.6 Å². The molecule has 2 atom stereocenters. The second-order valence-corrected chi connectivity index (χ2v) is 11.2. The largest absolute Gasteiger partial charge is 0.507 e. The molecular formula is C31H34ClFN4O2. The van der Waals surface area contributed by atoms with Crippen molar-refractivity contribution in [2.45, 2.75) is 45.8 Å². The number of hydrogen-bond donors (Lipinski definition) is 1. The lowest BCUT2D eigenvalue weighted by atomic mass is 9.96. The quantitative estimate of drug-likeness (QED) is 0.317. The Kier molecular flexibility index (Phi) is 7.31. The Balaban J connectivity index is 1.50. The van der Waals surface area contributed by atoms with E-state index in [1.807, 2.05) is 18.2 Å². The smallest absolute Gasteiger partial charge is 0.332 e. The zero-order valence-electron chi connectivity index (χ0n) is 22.9. The van der Waals surface area contributed by atoms with Crippen molar-refractivity contribution >= 4 is 17.3 Å². The molecule has 6 nitrogen and oxygen atoms in total. The summed E-state index contributed by atoms with van der Waals surface area (Å²) in [6.07, 6.45) is 3.29. The average molecular weight is 549 g/mol. The molecule has 0 unspecified atom stereocenters. The predicted molar refractivity (Wildman–Crippen MR) is 157 cm³/mol. The highest BCUT2D eigenvalue weighted by Gasteiger charge is 2.31. The van der Waals surface area contributed by atoms with Crippen molar-refractivity contribution in [2.24, 2.45) is 7.05 Å². The third-order valence-corrected chi connectivity index (χ3v) is 7.95. The molecule has 1 fully saturated rings. The van der Waals surface area contributed by atoms with Crippen LogP contribution in [-0.2, 0) is 7.05 Å². The maximum absolute atomic E-state index is 14.9. The molecule has 1 aromatic heterocycles. The van der Waals surface area contributed by atoms with Crippen LogP contribution in [0.4, 0.5) is 10.1 Å². The van der Waals surface area contributed by atoms with Crippen LogP contribution in [0, 0.1) is 5.82 Å². The van der Waals surface area contributed by atoms with Crippen LogP contribution in [0.1, 0.15) is 27.7 Å². The van der Waals surface area contributed by atoms with Crippen molar-refractivity contribution < 1.29 is 9.50 Å². The van der Waals surface area contributed by atoms with Gasteiger partial charge in [-0.3, -0.25) is 9.47 Å². The van der Waals surface area contributed by atoms with Gasteiger partial charge >= 0.3 is 5.69 Å². The summed E-state index contributed by atoms with van der Waals surface area (Å²) in [6, 6.07) is 16.9. The van der Waals surface area contributed by atoms with Crippen LogP contribution in [0.5, 0.6) is 5.75 Å². The van der Waals surface area contributed by atoms with Crippen molar-refractivity contribution in [1.29, 1.82) is 0 Å². The average Bonchev–Trinajstić information content (AvgIpc) is 3.22. The number of aromatic nitrogens is 2. The first-order chi connectivity index (χ1) is 18.5. The Bertz CT molecular complexity index is 1570. The minimum atomic E-state index is -0.463. The third-order valence-electron chi connectivity index (χ3n) is 7.65. The van der Waals surface area contributed by atoms with Gasteiger partial charge in [-0.15, -0.1) is 0 Å². The highest BCUT2D eigenvalue weighted by atomic mass is 35.5. The first kappa shape index (κ1) is 27.0. The number of piperazine rings is 1. The van der Waals surface area contributed by atoms with Gasteiger partial charge in [0.05, 0.1) is 10.7 Å². The van der Waals surface area contributed by atoms with Crippen LogP contribution in [0.2, 0.25) is 5.02 Å². The number of phenols is 1. The van der Waals surface area contributed by atoms with Crippen molar-refractivity contribution in [3.05, 3.63) is 88.3 Å². The molecule has 3 aromatic carbocycles. The molecule has 0 saturated carbocycles. The zero-order valence-corrected chi connectivity index (χ0v) is 23.7. The summed E-state index contributed by atoms with van der Waals surface area (Å²) in [6.45, 7) is 10.7. The summed E-state index contributed by atoms with van der Waals surface area (Å²) in [4.78, 5) is 17.3. The molecule has 1 aliphatic heterocycles. The van der Waals surface area contributed by atoms with E-state index < -0.39 is 5.82 Å². The summed E-state index contributed by atoms with van der Waals surface area (Å²) in [5, 5.41) is 11.7. The van der Waals surface area contributed by atoms with E-state index in [-0.39, 0.29) is 11.4 Å². The second-order valence-electron chi connectivity index (χ2n) is 10.8. The third kappa shape index (κ3) is 5.09. The molecule has 1 aliphatic rings. The van der Waals surface area contributed by atoms with Gasteiger partial charge in [-0.1, -0.05) is 29.8 Å². The van der Waals surface area contributed by atoms with Gasteiger partial charge < -0.3 is 14.6 Å². The molecule has 204 valence electrons. The lowest BCUT2D eigenvalue weighted by molar-refractivity contribution is 0.0954. The first-order valence-electron chi connectivity index (χ1n) is 13.2.